The molecular weight excluding hydrogens is 327 g/mol. The van der Waals surface area contributed by atoms with Gasteiger partial charge < -0.3 is 16.0 Å². The first-order valence-corrected chi connectivity index (χ1v) is 8.23. The zero-order valence-corrected chi connectivity index (χ0v) is 14.3. The van der Waals surface area contributed by atoms with Crippen LogP contribution in [0.4, 0.5) is 10.1 Å². The van der Waals surface area contributed by atoms with Crippen LogP contribution in [0.3, 0.4) is 0 Å². The number of hydrogen-bond acceptors (Lipinski definition) is 5. The van der Waals surface area contributed by atoms with E-state index in [-0.39, 0.29) is 6.41 Å². The Bertz CT molecular complexity index is 577. The first kappa shape index (κ1) is 20.6. The minimum absolute atomic E-state index is 0.250. The highest BCUT2D eigenvalue weighted by Crippen LogP contribution is 2.27. The maximum absolute atomic E-state index is 14.5. The molecule has 4 N–H and O–H groups in total. The van der Waals surface area contributed by atoms with E-state index in [9.17, 15) is 14.0 Å². The predicted molar refractivity (Wildman–Crippen MR) is 93.6 cm³/mol. The first-order valence-electron chi connectivity index (χ1n) is 8.23. The molecule has 1 aliphatic rings. The first-order chi connectivity index (χ1) is 12.1. The number of benzene rings is 1. The van der Waals surface area contributed by atoms with Gasteiger partial charge >= 0.3 is 0 Å². The van der Waals surface area contributed by atoms with Gasteiger partial charge in [0.25, 0.3) is 0 Å². The topological polar surface area (TPSA) is 105 Å². The number of hydrogen-bond donors (Lipinski definition) is 3. The van der Waals surface area contributed by atoms with E-state index in [0.717, 1.165) is 38.3 Å². The van der Waals surface area contributed by atoms with Gasteiger partial charge in [0.15, 0.2) is 0 Å². The van der Waals surface area contributed by atoms with Crippen molar-refractivity contribution in [3.63, 3.8) is 0 Å². The third kappa shape index (κ3) is 6.15. The van der Waals surface area contributed by atoms with E-state index in [0.29, 0.717) is 18.4 Å². The lowest BCUT2D eigenvalue weighted by Crippen LogP contribution is -2.43. The van der Waals surface area contributed by atoms with Crippen LogP contribution in [-0.2, 0) is 14.4 Å². The van der Waals surface area contributed by atoms with E-state index in [1.165, 1.54) is 6.07 Å². The monoisotopic (exact) mass is 352 g/mol. The van der Waals surface area contributed by atoms with Crippen LogP contribution in [0.1, 0.15) is 31.2 Å². The van der Waals surface area contributed by atoms with Crippen molar-refractivity contribution >= 4 is 24.4 Å². The molecule has 1 heterocycles. The molecule has 1 aromatic carbocycles. The highest BCUT2D eigenvalue weighted by atomic mass is 19.1. The van der Waals surface area contributed by atoms with E-state index < -0.39 is 17.6 Å². The summed E-state index contributed by atoms with van der Waals surface area (Å²) in [6, 6.07) is 5.00. The molecule has 0 bridgehead atoms. The quantitative estimate of drug-likeness (QED) is 0.647. The van der Waals surface area contributed by atoms with Gasteiger partial charge in [0, 0.05) is 37.4 Å². The van der Waals surface area contributed by atoms with Crippen LogP contribution < -0.4 is 21.3 Å². The Morgan fingerprint density at radius 3 is 2.56 bits per heavy atom. The second-order valence-electron chi connectivity index (χ2n) is 5.55. The summed E-state index contributed by atoms with van der Waals surface area (Å²) in [5.74, 6) is -1.48. The van der Waals surface area contributed by atoms with Crippen molar-refractivity contribution in [2.75, 3.05) is 31.1 Å². The highest BCUT2D eigenvalue weighted by molar-refractivity contribution is 5.91. The van der Waals surface area contributed by atoms with Crippen molar-refractivity contribution in [1.29, 1.82) is 0 Å². The molecule has 1 atom stereocenters. The number of primary amides is 1. The molecule has 7 nitrogen and oxygen atoms in total. The molecule has 1 aliphatic heterocycles. The Labute approximate surface area is 146 Å². The van der Waals surface area contributed by atoms with Crippen LogP contribution >= 0.6 is 0 Å². The molecule has 3 amide bonds. The molecule has 1 unspecified atom stereocenters. The number of nitrogens with one attached hydrogen (secondary N) is 2. The maximum Gasteiger partial charge on any atom is 0.233 e. The summed E-state index contributed by atoms with van der Waals surface area (Å²) in [6.07, 6.45) is 1.83. The summed E-state index contributed by atoms with van der Waals surface area (Å²) in [4.78, 5) is 33.1. The zero-order chi connectivity index (χ0) is 18.7. The summed E-state index contributed by atoms with van der Waals surface area (Å²) in [5, 5.41) is 5.38. The molecule has 2 rings (SSSR count). The number of piperazine rings is 1. The van der Waals surface area contributed by atoms with Gasteiger partial charge in [0.1, 0.15) is 5.82 Å². The summed E-state index contributed by atoms with van der Waals surface area (Å²) in [7, 11) is 0. The van der Waals surface area contributed by atoms with E-state index >= 15 is 0 Å². The smallest absolute Gasteiger partial charge is 0.233 e. The fraction of sp³-hybridized carbons (Fsp3) is 0.471. The average molecular weight is 352 g/mol. The molecule has 138 valence electrons. The van der Waals surface area contributed by atoms with Crippen molar-refractivity contribution in [2.45, 2.75) is 25.7 Å². The number of anilines is 1. The van der Waals surface area contributed by atoms with Crippen molar-refractivity contribution in [1.82, 2.24) is 10.6 Å². The van der Waals surface area contributed by atoms with Gasteiger partial charge in [0.2, 0.25) is 18.7 Å². The number of rotatable bonds is 6. The van der Waals surface area contributed by atoms with Gasteiger partial charge in [-0.2, -0.15) is 0 Å². The lowest BCUT2D eigenvalue weighted by molar-refractivity contribution is -0.126. The van der Waals surface area contributed by atoms with Crippen molar-refractivity contribution in [3.05, 3.63) is 29.6 Å². The summed E-state index contributed by atoms with van der Waals surface area (Å²) in [5.41, 5.74) is 5.34. The minimum atomic E-state index is -0.632. The van der Waals surface area contributed by atoms with Gasteiger partial charge in [-0.3, -0.25) is 19.7 Å². The molecule has 1 saturated heterocycles. The van der Waals surface area contributed by atoms with Crippen LogP contribution in [0.15, 0.2) is 18.2 Å². The largest absolute Gasteiger partial charge is 0.372 e. The second kappa shape index (κ2) is 11.1. The number of carbonyl (C=O) groups is 3. The molecule has 1 fully saturated rings. The molecule has 0 aliphatic carbocycles. The summed E-state index contributed by atoms with van der Waals surface area (Å²) >= 11 is 0. The molecular formula is C17H25FN4O3. The van der Waals surface area contributed by atoms with Gasteiger partial charge in [-0.05, 0) is 18.6 Å². The van der Waals surface area contributed by atoms with E-state index in [1.54, 1.807) is 6.07 Å². The lowest BCUT2D eigenvalue weighted by atomic mass is 9.92. The fourth-order valence-electron chi connectivity index (χ4n) is 2.79. The van der Waals surface area contributed by atoms with Crippen LogP contribution in [0.2, 0.25) is 0 Å². The normalized spacial score (nSPS) is 14.7. The third-order valence-electron chi connectivity index (χ3n) is 3.94. The van der Waals surface area contributed by atoms with Gasteiger partial charge in [-0.1, -0.05) is 19.4 Å². The Hall–Kier alpha value is -2.48. The van der Waals surface area contributed by atoms with Crippen molar-refractivity contribution in [3.8, 4) is 0 Å². The fourth-order valence-corrected chi connectivity index (χ4v) is 2.79. The van der Waals surface area contributed by atoms with Crippen molar-refractivity contribution in [2.24, 2.45) is 5.73 Å². The van der Waals surface area contributed by atoms with Crippen molar-refractivity contribution < 1.29 is 18.8 Å². The molecule has 0 spiro atoms. The van der Waals surface area contributed by atoms with Gasteiger partial charge in [0.05, 0.1) is 5.92 Å². The van der Waals surface area contributed by atoms with Crippen LogP contribution in [0, 0.1) is 5.82 Å². The average Bonchev–Trinajstić information content (AvgIpc) is 2.61. The second-order valence-corrected chi connectivity index (χ2v) is 5.55. The number of halogens is 1. The number of carbonyl (C=O) groups excluding carboxylic acids is 3. The number of nitrogens with zero attached hydrogens (tertiary/aromatic N) is 1. The van der Waals surface area contributed by atoms with Crippen LogP contribution in [-0.4, -0.2) is 44.9 Å². The highest BCUT2D eigenvalue weighted by Gasteiger charge is 2.23. The van der Waals surface area contributed by atoms with Crippen LogP contribution in [0.5, 0.6) is 0 Å². The maximum atomic E-state index is 14.5. The molecule has 0 aromatic heterocycles. The summed E-state index contributed by atoms with van der Waals surface area (Å²) in [6.45, 7) is 5.35. The van der Waals surface area contributed by atoms with Gasteiger partial charge in [-0.15, -0.1) is 0 Å². The lowest BCUT2D eigenvalue weighted by Gasteiger charge is -2.30. The summed E-state index contributed by atoms with van der Waals surface area (Å²) < 4.78 is 14.5. The zero-order valence-electron chi connectivity index (χ0n) is 14.3. The molecule has 1 aromatic rings. The molecule has 8 heteroatoms. The Balaban J connectivity index is 0.000000970. The van der Waals surface area contributed by atoms with E-state index in [1.807, 2.05) is 13.0 Å². The molecule has 0 radical (unpaired) electrons. The van der Waals surface area contributed by atoms with E-state index in [2.05, 4.69) is 21.3 Å². The van der Waals surface area contributed by atoms with E-state index in [4.69, 9.17) is 4.79 Å². The number of nitrogens with two attached hydrogens (primary N) is 1. The van der Waals surface area contributed by atoms with Crippen LogP contribution in [0.25, 0.3) is 0 Å². The third-order valence-corrected chi connectivity index (χ3v) is 3.94. The Morgan fingerprint density at radius 1 is 1.40 bits per heavy atom. The standard InChI is InChI=1S/C16H22FN3O2.CH3NO/c1-2-3-14(16(22)19-11-21)13-5-4-12(10-15(13)17)20-8-6-18-7-9-20;2-1-3/h4-5,10-11,14,18H,2-3,6-9H2,1H3,(H,19,21,22);1H,(H2,2,3). The van der Waals surface area contributed by atoms with Gasteiger partial charge in [-0.25, -0.2) is 4.39 Å². The molecule has 25 heavy (non-hydrogen) atoms. The predicted octanol–water partition coefficient (Wildman–Crippen LogP) is 0.493. The Morgan fingerprint density at radius 2 is 2.04 bits per heavy atom. The Kier molecular flexibility index (Phi) is 9.16. The molecule has 0 saturated carbocycles. The minimum Gasteiger partial charge on any atom is -0.372 e. The SMILES string of the molecule is CCCC(C(=O)NC=O)c1ccc(N2CCNCC2)cc1F.NC=O. The number of imide groups is 1. The number of amides is 3.